The lowest BCUT2D eigenvalue weighted by atomic mass is 9.80. The molecule has 0 aliphatic heterocycles. The number of aliphatic hydroxyl groups excluding tert-OH is 1. The van der Waals surface area contributed by atoms with Crippen LogP contribution in [0.4, 0.5) is 0 Å². The Morgan fingerprint density at radius 3 is 1.37 bits per heavy atom. The Kier molecular flexibility index (Phi) is 9.26. The molecule has 1 fully saturated rings. The number of benzene rings is 5. The van der Waals surface area contributed by atoms with Crippen LogP contribution in [0.25, 0.3) is 0 Å². The largest absolute Gasteiger partial charge is 0.404 e. The van der Waals surface area contributed by atoms with Crippen LogP contribution in [0.3, 0.4) is 0 Å². The second-order valence-corrected chi connectivity index (χ2v) is 17.6. The predicted octanol–water partition coefficient (Wildman–Crippen LogP) is 7.88. The first-order chi connectivity index (χ1) is 22.3. The lowest BCUT2D eigenvalue weighted by molar-refractivity contribution is -0.0197. The van der Waals surface area contributed by atoms with Gasteiger partial charge in [-0.15, -0.1) is 0 Å². The van der Waals surface area contributed by atoms with Crippen LogP contribution in [-0.2, 0) is 14.8 Å². The summed E-state index contributed by atoms with van der Waals surface area (Å²) in [4.78, 5) is 0. The summed E-state index contributed by atoms with van der Waals surface area (Å²) in [5.41, 5.74) is 3.02. The number of aliphatic hydroxyl groups is 1. The summed E-state index contributed by atoms with van der Waals surface area (Å²) in [5.74, 6) is -0.216. The standard InChI is InChI=1S/C42H44O3Si/c1-32-38(31-44-42(33-20-10-5-11-21-33,34-22-12-6-13-23-34)35-24-14-7-15-25-35)40(30-39(32)43)45-46(41(2,3)4,36-26-16-8-17-27-36)37-28-18-9-19-29-37/h5-29,38-40,43H,1,30-31H2,2-4H3/t38?,39?,40-/m1/s1. The fourth-order valence-electron chi connectivity index (χ4n) is 7.27. The molecule has 0 saturated heterocycles. The molecule has 2 unspecified atom stereocenters. The molecule has 1 aliphatic carbocycles. The molecule has 1 aliphatic rings. The molecule has 6 rings (SSSR count). The number of ether oxygens (including phenoxy) is 1. The highest BCUT2D eigenvalue weighted by atomic mass is 28.4. The molecule has 46 heavy (non-hydrogen) atoms. The van der Waals surface area contributed by atoms with Crippen LogP contribution in [0, 0.1) is 5.92 Å². The van der Waals surface area contributed by atoms with Gasteiger partial charge >= 0.3 is 0 Å². The highest BCUT2D eigenvalue weighted by molar-refractivity contribution is 6.99. The van der Waals surface area contributed by atoms with Crippen molar-refractivity contribution in [2.45, 2.75) is 50.0 Å². The van der Waals surface area contributed by atoms with Crippen LogP contribution in [0.2, 0.25) is 5.04 Å². The third-order valence-corrected chi connectivity index (χ3v) is 14.6. The van der Waals surface area contributed by atoms with Gasteiger partial charge in [-0.3, -0.25) is 0 Å². The van der Waals surface area contributed by atoms with E-state index in [0.717, 1.165) is 22.3 Å². The minimum atomic E-state index is -2.89. The summed E-state index contributed by atoms with van der Waals surface area (Å²) in [6, 6.07) is 52.7. The number of hydrogen-bond acceptors (Lipinski definition) is 3. The molecule has 0 radical (unpaired) electrons. The Morgan fingerprint density at radius 1 is 0.630 bits per heavy atom. The lowest BCUT2D eigenvalue weighted by Gasteiger charge is -2.46. The molecular formula is C42H44O3Si. The molecule has 3 nitrogen and oxygen atoms in total. The van der Waals surface area contributed by atoms with Gasteiger partial charge in [0.2, 0.25) is 0 Å². The Balaban J connectivity index is 1.45. The summed E-state index contributed by atoms with van der Waals surface area (Å²) in [6.07, 6.45) is -0.475. The minimum absolute atomic E-state index is 0.197. The summed E-state index contributed by atoms with van der Waals surface area (Å²) in [7, 11) is -2.89. The van der Waals surface area contributed by atoms with Crippen LogP contribution >= 0.6 is 0 Å². The van der Waals surface area contributed by atoms with Crippen LogP contribution in [0.1, 0.15) is 43.9 Å². The summed E-state index contributed by atoms with van der Waals surface area (Å²) in [5, 5.41) is 13.6. The molecule has 0 heterocycles. The molecule has 5 aromatic rings. The normalized spacial score (nSPS) is 18.9. The van der Waals surface area contributed by atoms with Crippen LogP contribution in [0.5, 0.6) is 0 Å². The zero-order valence-corrected chi connectivity index (χ0v) is 28.1. The van der Waals surface area contributed by atoms with E-state index >= 15 is 0 Å². The smallest absolute Gasteiger partial charge is 0.261 e. The molecule has 0 amide bonds. The molecule has 234 valence electrons. The van der Waals surface area contributed by atoms with Crippen molar-refractivity contribution >= 4 is 18.7 Å². The van der Waals surface area contributed by atoms with Gasteiger partial charge in [-0.25, -0.2) is 0 Å². The first kappa shape index (κ1) is 31.9. The van der Waals surface area contributed by atoms with Gasteiger partial charge in [-0.2, -0.15) is 0 Å². The molecular weight excluding hydrogens is 581 g/mol. The zero-order chi connectivity index (χ0) is 32.2. The highest BCUT2D eigenvalue weighted by Crippen LogP contribution is 2.45. The van der Waals surface area contributed by atoms with Crippen molar-refractivity contribution in [2.24, 2.45) is 5.92 Å². The van der Waals surface area contributed by atoms with Crippen LogP contribution in [-0.4, -0.2) is 32.2 Å². The van der Waals surface area contributed by atoms with E-state index < -0.39 is 20.0 Å². The minimum Gasteiger partial charge on any atom is -0.404 e. The summed E-state index contributed by atoms with van der Waals surface area (Å²) in [6.45, 7) is 11.6. The van der Waals surface area contributed by atoms with E-state index in [-0.39, 0.29) is 17.1 Å². The molecule has 0 spiro atoms. The van der Waals surface area contributed by atoms with Gasteiger partial charge in [0.05, 0.1) is 18.8 Å². The van der Waals surface area contributed by atoms with E-state index in [2.05, 4.69) is 161 Å². The van der Waals surface area contributed by atoms with Crippen molar-refractivity contribution in [3.63, 3.8) is 0 Å². The zero-order valence-electron chi connectivity index (χ0n) is 27.1. The SMILES string of the molecule is C=C1C(O)C[C@@H](O[Si](c2ccccc2)(c2ccccc2)C(C)(C)C)C1COC(c1ccccc1)(c1ccccc1)c1ccccc1. The Labute approximate surface area is 275 Å². The second-order valence-electron chi connectivity index (χ2n) is 13.3. The van der Waals surface area contributed by atoms with Gasteiger partial charge in [0.15, 0.2) is 0 Å². The Morgan fingerprint density at radius 2 is 1.00 bits per heavy atom. The average molecular weight is 625 g/mol. The molecule has 3 atom stereocenters. The lowest BCUT2D eigenvalue weighted by Crippen LogP contribution is -2.68. The number of hydrogen-bond donors (Lipinski definition) is 1. The highest BCUT2D eigenvalue weighted by Gasteiger charge is 2.54. The second kappa shape index (κ2) is 13.3. The van der Waals surface area contributed by atoms with E-state index in [1.165, 1.54) is 10.4 Å². The van der Waals surface area contributed by atoms with Crippen molar-refractivity contribution in [3.05, 3.63) is 181 Å². The third-order valence-electron chi connectivity index (χ3n) is 9.57. The first-order valence-electron chi connectivity index (χ1n) is 16.2. The van der Waals surface area contributed by atoms with Gasteiger partial charge < -0.3 is 14.3 Å². The van der Waals surface area contributed by atoms with Gasteiger partial charge in [0, 0.05) is 12.3 Å². The maximum absolute atomic E-state index is 11.3. The number of rotatable bonds is 10. The quantitative estimate of drug-likeness (QED) is 0.0976. The van der Waals surface area contributed by atoms with Gasteiger partial charge in [-0.1, -0.05) is 179 Å². The summed E-state index contributed by atoms with van der Waals surface area (Å²) >= 11 is 0. The monoisotopic (exact) mass is 624 g/mol. The molecule has 1 N–H and O–H groups in total. The van der Waals surface area contributed by atoms with E-state index in [4.69, 9.17) is 9.16 Å². The van der Waals surface area contributed by atoms with E-state index in [1.54, 1.807) is 0 Å². The first-order valence-corrected chi connectivity index (χ1v) is 18.1. The van der Waals surface area contributed by atoms with Crippen molar-refractivity contribution in [1.29, 1.82) is 0 Å². The maximum Gasteiger partial charge on any atom is 0.261 e. The van der Waals surface area contributed by atoms with Crippen molar-refractivity contribution in [2.75, 3.05) is 6.61 Å². The van der Waals surface area contributed by atoms with Crippen LogP contribution < -0.4 is 10.4 Å². The van der Waals surface area contributed by atoms with E-state index in [0.29, 0.717) is 13.0 Å². The Bertz CT molecular complexity index is 1560. The molecule has 4 heteroatoms. The molecule has 5 aromatic carbocycles. The molecule has 1 saturated carbocycles. The fraction of sp³-hybridized carbons (Fsp3) is 0.238. The van der Waals surface area contributed by atoms with Crippen LogP contribution in [0.15, 0.2) is 164 Å². The molecule has 0 aromatic heterocycles. The summed E-state index contributed by atoms with van der Waals surface area (Å²) < 4.78 is 14.9. The van der Waals surface area contributed by atoms with Gasteiger partial charge in [-0.05, 0) is 37.7 Å². The molecule has 0 bridgehead atoms. The van der Waals surface area contributed by atoms with E-state index in [9.17, 15) is 5.11 Å². The van der Waals surface area contributed by atoms with Crippen molar-refractivity contribution in [3.8, 4) is 0 Å². The fourth-order valence-corrected chi connectivity index (χ4v) is 12.0. The van der Waals surface area contributed by atoms with E-state index in [1.807, 2.05) is 18.2 Å². The van der Waals surface area contributed by atoms with Gasteiger partial charge in [0.25, 0.3) is 8.32 Å². The third kappa shape index (κ3) is 5.83. The predicted molar refractivity (Wildman–Crippen MR) is 191 cm³/mol. The average Bonchev–Trinajstić information content (AvgIpc) is 3.36. The van der Waals surface area contributed by atoms with Crippen molar-refractivity contribution < 1.29 is 14.3 Å². The van der Waals surface area contributed by atoms with Gasteiger partial charge in [0.1, 0.15) is 5.60 Å². The van der Waals surface area contributed by atoms with Crippen molar-refractivity contribution in [1.82, 2.24) is 0 Å². The topological polar surface area (TPSA) is 38.7 Å². The Hall–Kier alpha value is -4.06. The maximum atomic E-state index is 11.3.